The van der Waals surface area contributed by atoms with E-state index in [2.05, 4.69) is 15.0 Å². The Hall–Kier alpha value is -3.58. The van der Waals surface area contributed by atoms with Gasteiger partial charge in [-0.1, -0.05) is 41.9 Å². The average molecular weight is 465 g/mol. The van der Waals surface area contributed by atoms with Gasteiger partial charge in [0.15, 0.2) is 0 Å². The van der Waals surface area contributed by atoms with Gasteiger partial charge in [0.2, 0.25) is 5.91 Å². The minimum atomic E-state index is -0.287. The Morgan fingerprint density at radius 3 is 2.52 bits per heavy atom. The molecule has 8 heteroatoms. The van der Waals surface area contributed by atoms with Crippen LogP contribution >= 0.6 is 11.6 Å². The number of aromatic nitrogens is 3. The van der Waals surface area contributed by atoms with Crippen LogP contribution in [0.2, 0.25) is 5.02 Å². The summed E-state index contributed by atoms with van der Waals surface area (Å²) in [6.07, 6.45) is 1.65. The summed E-state index contributed by atoms with van der Waals surface area (Å²) in [5.74, 6) is 0.464. The Morgan fingerprint density at radius 1 is 1.09 bits per heavy atom. The number of nitrogens with zero attached hydrogens (tertiary/aromatic N) is 3. The smallest absolute Gasteiger partial charge is 0.276 e. The molecular formula is C25H25ClN4O3. The largest absolute Gasteiger partial charge is 0.497 e. The van der Waals surface area contributed by atoms with Gasteiger partial charge in [0.1, 0.15) is 12.3 Å². The van der Waals surface area contributed by atoms with Gasteiger partial charge in [-0.25, -0.2) is 4.68 Å². The van der Waals surface area contributed by atoms with Gasteiger partial charge in [-0.15, -0.1) is 0 Å². The highest BCUT2D eigenvalue weighted by Gasteiger charge is 2.18. The molecular weight excluding hydrogens is 440 g/mol. The molecule has 0 atom stereocenters. The zero-order chi connectivity index (χ0) is 23.5. The van der Waals surface area contributed by atoms with Crippen molar-refractivity contribution < 1.29 is 9.53 Å². The van der Waals surface area contributed by atoms with E-state index in [1.54, 1.807) is 13.3 Å². The number of hydrogen-bond acceptors (Lipinski definition) is 4. The number of carbonyl (C=O) groups excluding carboxylic acids is 1. The third kappa shape index (κ3) is 4.64. The molecule has 170 valence electrons. The highest BCUT2D eigenvalue weighted by molar-refractivity contribution is 6.31. The predicted octanol–water partition coefficient (Wildman–Crippen LogP) is 3.84. The highest BCUT2D eigenvalue weighted by atomic mass is 35.5. The fourth-order valence-corrected chi connectivity index (χ4v) is 4.12. The summed E-state index contributed by atoms with van der Waals surface area (Å²) in [6, 6.07) is 15.1. The van der Waals surface area contributed by atoms with Gasteiger partial charge in [0.25, 0.3) is 5.56 Å². The number of ether oxygens (including phenoxy) is 1. The summed E-state index contributed by atoms with van der Waals surface area (Å²) < 4.78 is 8.40. The maximum atomic E-state index is 13.2. The summed E-state index contributed by atoms with van der Waals surface area (Å²) >= 11 is 6.34. The number of benzene rings is 2. The molecule has 2 aromatic heterocycles. The molecule has 0 fully saturated rings. The molecule has 0 saturated heterocycles. The van der Waals surface area contributed by atoms with E-state index in [0.717, 1.165) is 33.7 Å². The lowest BCUT2D eigenvalue weighted by atomic mass is 10.2. The third-order valence-corrected chi connectivity index (χ3v) is 6.20. The van der Waals surface area contributed by atoms with E-state index in [1.165, 1.54) is 4.68 Å². The van der Waals surface area contributed by atoms with Crippen LogP contribution in [0, 0.1) is 13.8 Å². The molecule has 0 unspecified atom stereocenters. The van der Waals surface area contributed by atoms with Crippen molar-refractivity contribution in [3.63, 3.8) is 0 Å². The number of amides is 1. The Balaban J connectivity index is 1.54. The molecule has 4 rings (SSSR count). The summed E-state index contributed by atoms with van der Waals surface area (Å²) in [5.41, 5.74) is 3.37. The Morgan fingerprint density at radius 2 is 1.82 bits per heavy atom. The SMILES string of the molecule is COc1ccc(CNC(=O)Cn2ncc3c(C)n(Cc4ccccc4Cl)c(C)c3c2=O)cc1. The second-order valence-electron chi connectivity index (χ2n) is 7.87. The van der Waals surface area contributed by atoms with E-state index in [4.69, 9.17) is 16.3 Å². The lowest BCUT2D eigenvalue weighted by Gasteiger charge is -2.10. The van der Waals surface area contributed by atoms with Crippen LogP contribution in [0.15, 0.2) is 59.5 Å². The van der Waals surface area contributed by atoms with Crippen LogP contribution in [0.3, 0.4) is 0 Å². The highest BCUT2D eigenvalue weighted by Crippen LogP contribution is 2.25. The monoisotopic (exact) mass is 464 g/mol. The summed E-state index contributed by atoms with van der Waals surface area (Å²) in [4.78, 5) is 25.7. The van der Waals surface area contributed by atoms with E-state index >= 15 is 0 Å². The lowest BCUT2D eigenvalue weighted by Crippen LogP contribution is -2.33. The van der Waals surface area contributed by atoms with E-state index in [0.29, 0.717) is 23.5 Å². The van der Waals surface area contributed by atoms with E-state index in [9.17, 15) is 9.59 Å². The molecule has 33 heavy (non-hydrogen) atoms. The van der Waals surface area contributed by atoms with Crippen molar-refractivity contribution >= 4 is 28.3 Å². The molecule has 0 aliphatic heterocycles. The molecule has 1 amide bonds. The lowest BCUT2D eigenvalue weighted by molar-refractivity contribution is -0.122. The molecule has 1 N–H and O–H groups in total. The molecule has 0 bridgehead atoms. The van der Waals surface area contributed by atoms with Crippen LogP contribution in [0.5, 0.6) is 5.75 Å². The number of aryl methyl sites for hydroxylation is 2. The number of fused-ring (bicyclic) bond motifs is 1. The van der Waals surface area contributed by atoms with Gasteiger partial charge < -0.3 is 14.6 Å². The van der Waals surface area contributed by atoms with Gasteiger partial charge in [0, 0.05) is 34.9 Å². The first-order chi connectivity index (χ1) is 15.9. The Bertz CT molecular complexity index is 1370. The van der Waals surface area contributed by atoms with Crippen molar-refractivity contribution in [2.24, 2.45) is 0 Å². The maximum Gasteiger partial charge on any atom is 0.276 e. The minimum absolute atomic E-state index is 0.154. The molecule has 0 radical (unpaired) electrons. The number of rotatable bonds is 7. The first kappa shape index (κ1) is 22.6. The number of carbonyl (C=O) groups is 1. The molecule has 0 saturated carbocycles. The second kappa shape index (κ2) is 9.50. The predicted molar refractivity (Wildman–Crippen MR) is 129 cm³/mol. The molecule has 0 spiro atoms. The summed E-state index contributed by atoms with van der Waals surface area (Å²) in [5, 5.41) is 9.11. The Labute approximate surface area is 196 Å². The minimum Gasteiger partial charge on any atom is -0.497 e. The average Bonchev–Trinajstić information content (AvgIpc) is 3.06. The number of nitrogens with one attached hydrogen (secondary N) is 1. The van der Waals surface area contributed by atoms with Crippen molar-refractivity contribution in [1.82, 2.24) is 19.7 Å². The zero-order valence-corrected chi connectivity index (χ0v) is 19.5. The molecule has 0 aliphatic carbocycles. The van der Waals surface area contributed by atoms with Crippen molar-refractivity contribution in [2.45, 2.75) is 33.5 Å². The third-order valence-electron chi connectivity index (χ3n) is 5.83. The Kier molecular flexibility index (Phi) is 6.51. The van der Waals surface area contributed by atoms with Gasteiger partial charge in [0.05, 0.1) is 18.7 Å². The van der Waals surface area contributed by atoms with E-state index < -0.39 is 0 Å². The van der Waals surface area contributed by atoms with Gasteiger partial charge in [-0.2, -0.15) is 5.10 Å². The molecule has 4 aromatic rings. The van der Waals surface area contributed by atoms with Crippen LogP contribution in [0.25, 0.3) is 10.8 Å². The zero-order valence-electron chi connectivity index (χ0n) is 18.8. The van der Waals surface area contributed by atoms with Crippen LogP contribution < -0.4 is 15.6 Å². The first-order valence-corrected chi connectivity index (χ1v) is 11.0. The molecule has 0 aliphatic rings. The van der Waals surface area contributed by atoms with Gasteiger partial charge >= 0.3 is 0 Å². The first-order valence-electron chi connectivity index (χ1n) is 10.6. The number of methoxy groups -OCH3 is 1. The summed E-state index contributed by atoms with van der Waals surface area (Å²) in [6.45, 7) is 4.61. The number of halogens is 1. The van der Waals surface area contributed by atoms with Crippen molar-refractivity contribution in [2.75, 3.05) is 7.11 Å². The van der Waals surface area contributed by atoms with Crippen LogP contribution in [0.4, 0.5) is 0 Å². The normalized spacial score (nSPS) is 11.0. The fourth-order valence-electron chi connectivity index (χ4n) is 3.93. The van der Waals surface area contributed by atoms with Crippen LogP contribution in [-0.2, 0) is 24.4 Å². The van der Waals surface area contributed by atoms with E-state index in [1.807, 2.05) is 62.4 Å². The van der Waals surface area contributed by atoms with Crippen molar-refractivity contribution in [1.29, 1.82) is 0 Å². The molecule has 2 aromatic carbocycles. The molecule has 2 heterocycles. The number of hydrogen-bond donors (Lipinski definition) is 1. The van der Waals surface area contributed by atoms with Crippen LogP contribution in [0.1, 0.15) is 22.5 Å². The van der Waals surface area contributed by atoms with Gasteiger partial charge in [-0.3, -0.25) is 9.59 Å². The standard InChI is InChI=1S/C25H25ClN4O3/c1-16-21-13-28-30(15-23(31)27-12-18-8-10-20(33-3)11-9-18)25(32)24(21)17(2)29(16)14-19-6-4-5-7-22(19)26/h4-11,13H,12,14-15H2,1-3H3,(H,27,31). The van der Waals surface area contributed by atoms with Gasteiger partial charge in [-0.05, 0) is 43.2 Å². The van der Waals surface area contributed by atoms with E-state index in [-0.39, 0.29) is 18.0 Å². The maximum absolute atomic E-state index is 13.2. The topological polar surface area (TPSA) is 78.2 Å². The van der Waals surface area contributed by atoms with Crippen molar-refractivity contribution in [3.05, 3.63) is 92.6 Å². The second-order valence-corrected chi connectivity index (χ2v) is 8.28. The fraction of sp³-hybridized carbons (Fsp3) is 0.240. The van der Waals surface area contributed by atoms with Crippen molar-refractivity contribution in [3.8, 4) is 5.75 Å². The van der Waals surface area contributed by atoms with Crippen LogP contribution in [-0.4, -0.2) is 27.4 Å². The quantitative estimate of drug-likeness (QED) is 0.450. The summed E-state index contributed by atoms with van der Waals surface area (Å²) in [7, 11) is 1.60. The molecule has 7 nitrogen and oxygen atoms in total.